The lowest BCUT2D eigenvalue weighted by molar-refractivity contribution is -0.122. The van der Waals surface area contributed by atoms with Gasteiger partial charge in [-0.05, 0) is 26.2 Å². The Labute approximate surface area is 110 Å². The van der Waals surface area contributed by atoms with Crippen LogP contribution in [0.5, 0.6) is 0 Å². The van der Waals surface area contributed by atoms with Crippen LogP contribution in [-0.2, 0) is 14.6 Å². The molecule has 1 rings (SSSR count). The smallest absolute Gasteiger partial charge is 0.236 e. The lowest BCUT2D eigenvalue weighted by Crippen LogP contribution is -2.50. The monoisotopic (exact) mass is 276 g/mol. The lowest BCUT2D eigenvalue weighted by atomic mass is 10.1. The van der Waals surface area contributed by atoms with Crippen molar-refractivity contribution in [1.82, 2.24) is 10.6 Å². The highest BCUT2D eigenvalue weighted by molar-refractivity contribution is 7.91. The van der Waals surface area contributed by atoms with Gasteiger partial charge in [-0.1, -0.05) is 13.3 Å². The zero-order valence-electron chi connectivity index (χ0n) is 11.2. The maximum atomic E-state index is 11.7. The fraction of sp³-hybridized carbons (Fsp3) is 0.917. The molecule has 18 heavy (non-hydrogen) atoms. The van der Waals surface area contributed by atoms with Crippen LogP contribution in [0, 0.1) is 0 Å². The largest absolute Gasteiger partial charge is 0.355 e. The number of carbonyl (C=O) groups is 1. The molecule has 2 N–H and O–H groups in total. The molecule has 1 aliphatic heterocycles. The molecule has 0 saturated carbocycles. The summed E-state index contributed by atoms with van der Waals surface area (Å²) in [5.41, 5.74) is 0. The normalized spacial score (nSPS) is 24.4. The van der Waals surface area contributed by atoms with E-state index in [-0.39, 0.29) is 29.5 Å². The molecule has 106 valence electrons. The summed E-state index contributed by atoms with van der Waals surface area (Å²) in [5.74, 6) is 0.383. The molecule has 0 aromatic heterocycles. The molecule has 0 aliphatic carbocycles. The molecule has 1 amide bonds. The van der Waals surface area contributed by atoms with E-state index in [4.69, 9.17) is 0 Å². The molecule has 2 unspecified atom stereocenters. The van der Waals surface area contributed by atoms with Crippen LogP contribution < -0.4 is 10.6 Å². The number of sulfone groups is 1. The molecule has 0 spiro atoms. The number of rotatable bonds is 6. The third-order valence-electron chi connectivity index (χ3n) is 3.17. The number of unbranched alkanes of at least 4 members (excludes halogenated alkanes) is 1. The van der Waals surface area contributed by atoms with Gasteiger partial charge in [0.05, 0.1) is 17.5 Å². The number of amides is 1. The predicted octanol–water partition coefficient (Wildman–Crippen LogP) is 0.458. The molecule has 1 heterocycles. The SMILES string of the molecule is CCCCNC(=O)C(C)NC1CCCS(=O)(=O)C1. The minimum absolute atomic E-state index is 0.0496. The van der Waals surface area contributed by atoms with Gasteiger partial charge in [0, 0.05) is 12.6 Å². The van der Waals surface area contributed by atoms with Gasteiger partial charge in [0.25, 0.3) is 0 Å². The Bertz CT molecular complexity index is 368. The summed E-state index contributed by atoms with van der Waals surface area (Å²) in [7, 11) is -2.92. The van der Waals surface area contributed by atoms with Crippen molar-refractivity contribution in [2.45, 2.75) is 51.6 Å². The number of nitrogens with one attached hydrogen (secondary N) is 2. The van der Waals surface area contributed by atoms with Gasteiger partial charge in [0.2, 0.25) is 5.91 Å². The van der Waals surface area contributed by atoms with Crippen LogP contribution in [0.2, 0.25) is 0 Å². The predicted molar refractivity (Wildman–Crippen MR) is 72.2 cm³/mol. The van der Waals surface area contributed by atoms with Crippen LogP contribution in [-0.4, -0.2) is 44.5 Å². The van der Waals surface area contributed by atoms with Gasteiger partial charge in [-0.25, -0.2) is 8.42 Å². The van der Waals surface area contributed by atoms with Gasteiger partial charge in [-0.15, -0.1) is 0 Å². The maximum absolute atomic E-state index is 11.7. The van der Waals surface area contributed by atoms with E-state index in [1.54, 1.807) is 6.92 Å². The second kappa shape index (κ2) is 7.09. The standard InChI is InChI=1S/C12H24N2O3S/c1-3-4-7-13-12(15)10(2)14-11-6-5-8-18(16,17)9-11/h10-11,14H,3-9H2,1-2H3,(H,13,15). The van der Waals surface area contributed by atoms with E-state index in [0.29, 0.717) is 13.0 Å². The summed E-state index contributed by atoms with van der Waals surface area (Å²) < 4.78 is 23.0. The van der Waals surface area contributed by atoms with Crippen molar-refractivity contribution < 1.29 is 13.2 Å². The maximum Gasteiger partial charge on any atom is 0.236 e. The Balaban J connectivity index is 2.34. The van der Waals surface area contributed by atoms with Gasteiger partial charge in [-0.3, -0.25) is 4.79 Å². The lowest BCUT2D eigenvalue weighted by Gasteiger charge is -2.26. The second-order valence-electron chi connectivity index (χ2n) is 4.99. The molecule has 1 aliphatic rings. The summed E-state index contributed by atoms with van der Waals surface area (Å²) in [5, 5.41) is 5.95. The summed E-state index contributed by atoms with van der Waals surface area (Å²) in [6.07, 6.45) is 3.52. The van der Waals surface area contributed by atoms with Gasteiger partial charge in [0.15, 0.2) is 9.84 Å². The molecular formula is C12H24N2O3S. The average Bonchev–Trinajstić information content (AvgIpc) is 2.27. The third kappa shape index (κ3) is 5.35. The van der Waals surface area contributed by atoms with E-state index in [0.717, 1.165) is 19.3 Å². The molecule has 0 radical (unpaired) electrons. The first-order valence-corrected chi connectivity index (χ1v) is 8.51. The van der Waals surface area contributed by atoms with Gasteiger partial charge >= 0.3 is 0 Å². The van der Waals surface area contributed by atoms with Crippen molar-refractivity contribution in [2.24, 2.45) is 0 Å². The van der Waals surface area contributed by atoms with Crippen LogP contribution in [0.1, 0.15) is 39.5 Å². The highest BCUT2D eigenvalue weighted by Gasteiger charge is 2.26. The summed E-state index contributed by atoms with van der Waals surface area (Å²) >= 11 is 0. The van der Waals surface area contributed by atoms with Gasteiger partial charge in [-0.2, -0.15) is 0 Å². The highest BCUT2D eigenvalue weighted by Crippen LogP contribution is 2.12. The van der Waals surface area contributed by atoms with E-state index >= 15 is 0 Å². The van der Waals surface area contributed by atoms with E-state index < -0.39 is 9.84 Å². The molecule has 1 saturated heterocycles. The Morgan fingerprint density at radius 1 is 1.44 bits per heavy atom. The van der Waals surface area contributed by atoms with E-state index in [1.807, 2.05) is 0 Å². The molecule has 5 nitrogen and oxygen atoms in total. The first-order valence-electron chi connectivity index (χ1n) is 6.69. The Morgan fingerprint density at radius 2 is 2.17 bits per heavy atom. The van der Waals surface area contributed by atoms with Gasteiger partial charge < -0.3 is 10.6 Å². The van der Waals surface area contributed by atoms with E-state index in [2.05, 4.69) is 17.6 Å². The van der Waals surface area contributed by atoms with E-state index in [9.17, 15) is 13.2 Å². The summed E-state index contributed by atoms with van der Waals surface area (Å²) in [6, 6.07) is -0.421. The fourth-order valence-electron chi connectivity index (χ4n) is 2.12. The quantitative estimate of drug-likeness (QED) is 0.691. The number of hydrogen-bond donors (Lipinski definition) is 2. The Morgan fingerprint density at radius 3 is 2.78 bits per heavy atom. The van der Waals surface area contributed by atoms with Crippen LogP contribution in [0.4, 0.5) is 0 Å². The molecular weight excluding hydrogens is 252 g/mol. The van der Waals surface area contributed by atoms with Crippen molar-refractivity contribution in [3.63, 3.8) is 0 Å². The van der Waals surface area contributed by atoms with Crippen LogP contribution in [0.15, 0.2) is 0 Å². The average molecular weight is 276 g/mol. The Hall–Kier alpha value is -0.620. The molecule has 0 aromatic rings. The first-order chi connectivity index (χ1) is 8.44. The fourth-order valence-corrected chi connectivity index (χ4v) is 3.77. The van der Waals surface area contributed by atoms with Crippen molar-refractivity contribution >= 4 is 15.7 Å². The van der Waals surface area contributed by atoms with Crippen molar-refractivity contribution in [1.29, 1.82) is 0 Å². The number of hydrogen-bond acceptors (Lipinski definition) is 4. The summed E-state index contributed by atoms with van der Waals surface area (Å²) in [4.78, 5) is 11.7. The third-order valence-corrected chi connectivity index (χ3v) is 4.99. The van der Waals surface area contributed by atoms with Crippen LogP contribution in [0.3, 0.4) is 0 Å². The zero-order chi connectivity index (χ0) is 13.6. The van der Waals surface area contributed by atoms with Gasteiger partial charge in [0.1, 0.15) is 0 Å². The summed E-state index contributed by atoms with van der Waals surface area (Å²) in [6.45, 7) is 4.54. The van der Waals surface area contributed by atoms with E-state index in [1.165, 1.54) is 0 Å². The minimum Gasteiger partial charge on any atom is -0.355 e. The van der Waals surface area contributed by atoms with Crippen LogP contribution in [0.25, 0.3) is 0 Å². The first kappa shape index (κ1) is 15.4. The van der Waals surface area contributed by atoms with Crippen LogP contribution >= 0.6 is 0 Å². The number of carbonyl (C=O) groups excluding carboxylic acids is 1. The molecule has 0 aromatic carbocycles. The molecule has 2 atom stereocenters. The second-order valence-corrected chi connectivity index (χ2v) is 7.22. The molecule has 0 bridgehead atoms. The van der Waals surface area contributed by atoms with Crippen molar-refractivity contribution in [3.8, 4) is 0 Å². The Kier molecular flexibility index (Phi) is 6.08. The minimum atomic E-state index is -2.92. The highest BCUT2D eigenvalue weighted by atomic mass is 32.2. The van der Waals surface area contributed by atoms with Crippen molar-refractivity contribution in [3.05, 3.63) is 0 Å². The molecule has 6 heteroatoms. The zero-order valence-corrected chi connectivity index (χ0v) is 12.1. The van der Waals surface area contributed by atoms with Crippen molar-refractivity contribution in [2.75, 3.05) is 18.1 Å². The molecule has 1 fully saturated rings. The topological polar surface area (TPSA) is 75.3 Å².